The van der Waals surface area contributed by atoms with Crippen LogP contribution in [0.1, 0.15) is 2.85 Å². The molecule has 15 heavy (non-hydrogen) atoms. The third-order valence-corrected chi connectivity index (χ3v) is 0. The number of hydrogen-bond donors (Lipinski definition) is 7. The van der Waals surface area contributed by atoms with E-state index < -0.39 is 15.6 Å². The Morgan fingerprint density at radius 3 is 0.867 bits per heavy atom. The van der Waals surface area contributed by atoms with Gasteiger partial charge >= 0.3 is 74.8 Å². The molecule has 0 rings (SSSR count). The van der Waals surface area contributed by atoms with Gasteiger partial charge in [-0.05, 0) is 0 Å². The van der Waals surface area contributed by atoms with Gasteiger partial charge in [0.05, 0.1) is 6.26 Å². The van der Waals surface area contributed by atoms with Crippen molar-refractivity contribution in [2.75, 3.05) is 0 Å². The first-order chi connectivity index (χ1) is 5.41. The van der Waals surface area contributed by atoms with E-state index in [1.807, 2.05) is 0 Å². The molecule has 0 fully saturated rings. The molecule has 0 aromatic carbocycles. The van der Waals surface area contributed by atoms with Crippen molar-refractivity contribution in [1.82, 2.24) is 0 Å². The molecule has 0 radical (unpaired) electrons. The number of aliphatic hydroxyl groups is 1. The van der Waals surface area contributed by atoms with Crippen LogP contribution in [0.3, 0.4) is 0 Å². The smallest absolute Gasteiger partial charge is 1.00 e. The zero-order chi connectivity index (χ0) is 11.7. The average molecular weight is 288 g/mol. The van der Waals surface area contributed by atoms with Gasteiger partial charge in [-0.25, -0.2) is 9.13 Å². The Morgan fingerprint density at radius 1 is 0.867 bits per heavy atom. The zero-order valence-corrected chi connectivity index (χ0v) is 13.9. The van der Waals surface area contributed by atoms with Gasteiger partial charge in [0.25, 0.3) is 0 Å². The normalized spacial score (nSPS) is 8.67. The Hall–Kier alpha value is 1.76. The molecule has 0 heterocycles. The number of hydrogen-bond acceptors (Lipinski definition) is 3. The fourth-order valence-corrected chi connectivity index (χ4v) is 0. The summed E-state index contributed by atoms with van der Waals surface area (Å²) in [5.74, 6) is 0. The molecule has 0 aliphatic rings. The van der Waals surface area contributed by atoms with Crippen molar-refractivity contribution in [2.24, 2.45) is 0 Å². The van der Waals surface area contributed by atoms with Gasteiger partial charge < -0.3 is 37.3 Å². The van der Waals surface area contributed by atoms with E-state index >= 15 is 0 Å². The molecule has 0 spiro atoms. The van der Waals surface area contributed by atoms with Crippen LogP contribution in [0.4, 0.5) is 0 Å². The first-order valence-electron chi connectivity index (χ1n) is 2.23. The van der Waals surface area contributed by atoms with Crippen molar-refractivity contribution in [3.8, 4) is 0 Å². The Balaban J connectivity index is -0.0000000162. The maximum absolute atomic E-state index is 8.88. The predicted molar refractivity (Wildman–Crippen MR) is 43.6 cm³/mol. The minimum absolute atomic E-state index is 0. The molecule has 0 unspecified atom stereocenters. The summed E-state index contributed by atoms with van der Waals surface area (Å²) in [6.45, 7) is 2.92. The number of phosphoric acid groups is 2. The summed E-state index contributed by atoms with van der Waals surface area (Å²) >= 11 is 0. The van der Waals surface area contributed by atoms with Crippen LogP contribution in [-0.4, -0.2) is 34.5 Å². The molecule has 9 nitrogen and oxygen atoms in total. The first kappa shape index (κ1) is 30.1. The van der Waals surface area contributed by atoms with Crippen LogP contribution < -0.4 is 59.1 Å². The maximum Gasteiger partial charge on any atom is 1.00 e. The molecule has 0 bridgehead atoms. The quantitative estimate of drug-likeness (QED) is 0.130. The largest absolute Gasteiger partial charge is 1.00 e. The van der Waals surface area contributed by atoms with Crippen LogP contribution in [0.15, 0.2) is 12.8 Å². The zero-order valence-electron chi connectivity index (χ0n) is 10.1. The molecular formula is C2H12Na2O9P2. The third kappa shape index (κ3) is 963. The van der Waals surface area contributed by atoms with Gasteiger partial charge in [0, 0.05) is 0 Å². The Kier molecular flexibility index (Phi) is 31.6. The summed E-state index contributed by atoms with van der Waals surface area (Å²) in [5.41, 5.74) is 0. The van der Waals surface area contributed by atoms with Crippen molar-refractivity contribution in [2.45, 2.75) is 0 Å². The molecular weight excluding hydrogens is 276 g/mol. The second-order valence-electron chi connectivity index (χ2n) is 1.21. The summed E-state index contributed by atoms with van der Waals surface area (Å²) in [5, 5.41) is 7.33. The van der Waals surface area contributed by atoms with Gasteiger partial charge in [0.15, 0.2) is 0 Å². The molecule has 0 amide bonds. The molecule has 0 saturated carbocycles. The SMILES string of the molecule is C=CO.O=P(O)(O)O.O=P(O)(O)O.[H-].[H-].[Na+].[Na+]. The topological polar surface area (TPSA) is 176 Å². The predicted octanol–water partition coefficient (Wildman–Crippen LogP) is -6.94. The van der Waals surface area contributed by atoms with Crippen LogP contribution in [0, 0.1) is 0 Å². The summed E-state index contributed by atoms with van der Waals surface area (Å²) in [6.07, 6.45) is 0.750. The monoisotopic (exact) mass is 288 g/mol. The van der Waals surface area contributed by atoms with E-state index in [0.29, 0.717) is 0 Å². The van der Waals surface area contributed by atoms with Crippen LogP contribution in [0.25, 0.3) is 0 Å². The van der Waals surface area contributed by atoms with Gasteiger partial charge in [-0.15, -0.1) is 0 Å². The molecule has 0 aliphatic heterocycles. The van der Waals surface area contributed by atoms with Gasteiger partial charge in [-0.2, -0.15) is 0 Å². The van der Waals surface area contributed by atoms with Crippen molar-refractivity contribution in [3.05, 3.63) is 12.8 Å². The van der Waals surface area contributed by atoms with E-state index in [1.54, 1.807) is 0 Å². The molecule has 0 saturated heterocycles. The van der Waals surface area contributed by atoms with Crippen LogP contribution in [0.5, 0.6) is 0 Å². The van der Waals surface area contributed by atoms with E-state index in [0.717, 1.165) is 6.26 Å². The minimum atomic E-state index is -4.64. The number of rotatable bonds is 0. The Bertz CT molecular complexity index is 179. The first-order valence-corrected chi connectivity index (χ1v) is 5.36. The Labute approximate surface area is 133 Å². The van der Waals surface area contributed by atoms with E-state index in [-0.39, 0.29) is 62.0 Å². The summed E-state index contributed by atoms with van der Waals surface area (Å²) in [4.78, 5) is 43.1. The summed E-state index contributed by atoms with van der Waals surface area (Å²) in [7, 11) is -9.28. The van der Waals surface area contributed by atoms with Crippen molar-refractivity contribution in [3.63, 3.8) is 0 Å². The van der Waals surface area contributed by atoms with Gasteiger partial charge in [0.1, 0.15) is 0 Å². The van der Waals surface area contributed by atoms with Crippen molar-refractivity contribution in [1.29, 1.82) is 0 Å². The number of aliphatic hydroxyl groups excluding tert-OH is 1. The fourth-order valence-electron chi connectivity index (χ4n) is 0. The van der Waals surface area contributed by atoms with E-state index in [9.17, 15) is 0 Å². The van der Waals surface area contributed by atoms with E-state index in [2.05, 4.69) is 6.58 Å². The average Bonchev–Trinajstić information content (AvgIpc) is 1.52. The van der Waals surface area contributed by atoms with Crippen LogP contribution in [0.2, 0.25) is 0 Å². The van der Waals surface area contributed by atoms with E-state index in [4.69, 9.17) is 43.6 Å². The van der Waals surface area contributed by atoms with Crippen LogP contribution in [-0.2, 0) is 9.13 Å². The molecule has 0 aromatic rings. The molecule has 0 aromatic heterocycles. The molecule has 7 N–H and O–H groups in total. The molecule has 86 valence electrons. The molecule has 0 atom stereocenters. The summed E-state index contributed by atoms with van der Waals surface area (Å²) < 4.78 is 17.8. The summed E-state index contributed by atoms with van der Waals surface area (Å²) in [6, 6.07) is 0. The van der Waals surface area contributed by atoms with E-state index in [1.165, 1.54) is 0 Å². The minimum Gasteiger partial charge on any atom is -1.00 e. The van der Waals surface area contributed by atoms with Crippen molar-refractivity contribution < 1.29 is 106 Å². The van der Waals surface area contributed by atoms with Gasteiger partial charge in [-0.1, -0.05) is 6.58 Å². The third-order valence-electron chi connectivity index (χ3n) is 0. The second-order valence-corrected chi connectivity index (χ2v) is 3.26. The fraction of sp³-hybridized carbons (Fsp3) is 0. The van der Waals surface area contributed by atoms with Crippen molar-refractivity contribution >= 4 is 15.6 Å². The van der Waals surface area contributed by atoms with Gasteiger partial charge in [0.2, 0.25) is 0 Å². The molecule has 0 aliphatic carbocycles. The second kappa shape index (κ2) is 15.8. The van der Waals surface area contributed by atoms with Crippen LogP contribution >= 0.6 is 15.6 Å². The maximum atomic E-state index is 8.88. The standard InChI is InChI=1S/C2H4O.2Na.2H3O4P.2H/c1-2-3;;;2*1-5(2,3)4;;/h2-3H,1H2;;;2*(H3,1,2,3,4);;/q;2*+1;;;2*-1. The van der Waals surface area contributed by atoms with Gasteiger partial charge in [-0.3, -0.25) is 0 Å². The molecule has 13 heteroatoms. The Morgan fingerprint density at radius 2 is 0.867 bits per heavy atom.